The lowest BCUT2D eigenvalue weighted by Gasteiger charge is -2.11. The van der Waals surface area contributed by atoms with Crippen molar-refractivity contribution in [1.82, 2.24) is 9.71 Å². The zero-order valence-corrected chi connectivity index (χ0v) is 16.9. The topological polar surface area (TPSA) is 118 Å². The molecule has 154 valence electrons. The molecular weight excluding hydrogens is 406 g/mol. The molecule has 2 aromatic carbocycles. The highest BCUT2D eigenvalue weighted by Gasteiger charge is 2.30. The van der Waals surface area contributed by atoms with Gasteiger partial charge >= 0.3 is 5.97 Å². The Bertz CT molecular complexity index is 1280. The fraction of sp³-hybridized carbons (Fsp3) is 0.190. The molecule has 4 rings (SSSR count). The van der Waals surface area contributed by atoms with E-state index in [0.29, 0.717) is 11.1 Å². The second-order valence-electron chi connectivity index (χ2n) is 6.83. The average Bonchev–Trinajstić information content (AvgIpc) is 3.26. The first-order valence-corrected chi connectivity index (χ1v) is 10.8. The Hall–Kier alpha value is -3.46. The average molecular weight is 425 g/mol. The fourth-order valence-corrected chi connectivity index (χ4v) is 4.57. The van der Waals surface area contributed by atoms with Crippen molar-refractivity contribution in [2.24, 2.45) is 4.99 Å². The molecule has 3 aromatic rings. The molecule has 0 aliphatic carbocycles. The number of aliphatic imine (C=N–C) groups is 1. The number of fused-ring (bicyclic) bond motifs is 2. The molecule has 0 fully saturated rings. The number of amidine groups is 1. The predicted molar refractivity (Wildman–Crippen MR) is 111 cm³/mol. The third-order valence-electron chi connectivity index (χ3n) is 4.78. The number of benzene rings is 2. The van der Waals surface area contributed by atoms with Crippen LogP contribution in [0.2, 0.25) is 0 Å². The van der Waals surface area contributed by atoms with Crippen LogP contribution in [-0.2, 0) is 19.6 Å². The van der Waals surface area contributed by atoms with E-state index in [1.807, 2.05) is 24.3 Å². The number of carbonyl (C=O) groups excluding carboxylic acids is 2. The number of para-hydroxylation sites is 1. The molecule has 0 amide bonds. The van der Waals surface area contributed by atoms with Crippen LogP contribution >= 0.6 is 0 Å². The monoisotopic (exact) mass is 425 g/mol. The molecule has 2 N–H and O–H groups in total. The van der Waals surface area contributed by atoms with Gasteiger partial charge in [-0.25, -0.2) is 8.42 Å². The van der Waals surface area contributed by atoms with Crippen molar-refractivity contribution in [2.75, 3.05) is 6.54 Å². The normalized spacial score (nSPS) is 16.8. The first kappa shape index (κ1) is 19.8. The Kier molecular flexibility index (Phi) is 5.13. The van der Waals surface area contributed by atoms with Gasteiger partial charge < -0.3 is 9.72 Å². The largest absolute Gasteiger partial charge is 0.454 e. The van der Waals surface area contributed by atoms with Crippen molar-refractivity contribution in [2.45, 2.75) is 24.3 Å². The van der Waals surface area contributed by atoms with E-state index in [4.69, 9.17) is 4.74 Å². The number of esters is 1. The number of hydrogen-bond donors (Lipinski definition) is 2. The lowest BCUT2D eigenvalue weighted by atomic mass is 10.1. The lowest BCUT2D eigenvalue weighted by Crippen LogP contribution is -2.25. The Labute approximate surface area is 173 Å². The minimum Gasteiger partial charge on any atom is -0.454 e. The zero-order valence-electron chi connectivity index (χ0n) is 16.1. The van der Waals surface area contributed by atoms with Gasteiger partial charge in [-0.15, -0.1) is 0 Å². The van der Waals surface area contributed by atoms with Gasteiger partial charge in [0.25, 0.3) is 10.0 Å². The van der Waals surface area contributed by atoms with Gasteiger partial charge in [0.2, 0.25) is 5.78 Å². The lowest BCUT2D eigenvalue weighted by molar-refractivity contribution is -0.146. The molecule has 1 aliphatic heterocycles. The molecule has 30 heavy (non-hydrogen) atoms. The van der Waals surface area contributed by atoms with Gasteiger partial charge in [0.1, 0.15) is 5.84 Å². The van der Waals surface area contributed by atoms with Gasteiger partial charge in [-0.2, -0.15) is 0 Å². The van der Waals surface area contributed by atoms with Gasteiger partial charge in [0.15, 0.2) is 6.10 Å². The fourth-order valence-electron chi connectivity index (χ4n) is 3.31. The molecule has 0 saturated heterocycles. The van der Waals surface area contributed by atoms with Gasteiger partial charge in [0.05, 0.1) is 17.9 Å². The van der Waals surface area contributed by atoms with Crippen LogP contribution in [0.25, 0.3) is 10.9 Å². The molecule has 0 spiro atoms. The van der Waals surface area contributed by atoms with Gasteiger partial charge in [-0.3, -0.25) is 19.3 Å². The van der Waals surface area contributed by atoms with Gasteiger partial charge in [0, 0.05) is 28.2 Å². The summed E-state index contributed by atoms with van der Waals surface area (Å²) in [7, 11) is -3.62. The highest BCUT2D eigenvalue weighted by atomic mass is 32.2. The molecule has 9 heteroatoms. The number of ketones is 1. The Morgan fingerprint density at radius 1 is 1.10 bits per heavy atom. The molecule has 8 nitrogen and oxygen atoms in total. The number of ether oxygens (including phenoxy) is 1. The highest BCUT2D eigenvalue weighted by molar-refractivity contribution is 7.90. The number of Topliss-reactive ketones (excluding diaryl/α,β-unsaturated/α-hetero) is 1. The SMILES string of the molecule is C[C@H](OC(=O)CCN=C1NS(=O)(=O)c2ccccc21)C(=O)c1c[nH]c2ccccc12. The van der Waals surface area contributed by atoms with Crippen LogP contribution in [-0.4, -0.2) is 43.6 Å². The second-order valence-corrected chi connectivity index (χ2v) is 8.48. The van der Waals surface area contributed by atoms with E-state index < -0.39 is 22.1 Å². The number of H-pyrrole nitrogens is 1. The van der Waals surface area contributed by atoms with E-state index in [0.717, 1.165) is 10.9 Å². The Balaban J connectivity index is 1.37. The van der Waals surface area contributed by atoms with E-state index in [2.05, 4.69) is 14.7 Å². The predicted octanol–water partition coefficient (Wildman–Crippen LogP) is 2.41. The van der Waals surface area contributed by atoms with Crippen molar-refractivity contribution in [1.29, 1.82) is 0 Å². The standard InChI is InChI=1S/C21H19N3O5S/c1-13(20(26)16-12-23-17-8-4-2-6-14(16)17)29-19(25)10-11-22-21-15-7-3-5-9-18(15)30(27,28)24-21/h2-9,12-13,23H,10-11H2,1H3,(H,22,24)/t13-/m0/s1. The van der Waals surface area contributed by atoms with Crippen LogP contribution in [0.15, 0.2) is 64.6 Å². The van der Waals surface area contributed by atoms with Crippen LogP contribution in [0.5, 0.6) is 0 Å². The van der Waals surface area contributed by atoms with Crippen LogP contribution in [0, 0.1) is 0 Å². The Morgan fingerprint density at radius 2 is 1.83 bits per heavy atom. The number of rotatable bonds is 6. The van der Waals surface area contributed by atoms with Crippen molar-refractivity contribution >= 4 is 38.5 Å². The number of nitrogens with one attached hydrogen (secondary N) is 2. The van der Waals surface area contributed by atoms with Crippen molar-refractivity contribution in [3.05, 3.63) is 65.9 Å². The van der Waals surface area contributed by atoms with Crippen molar-refractivity contribution in [3.63, 3.8) is 0 Å². The summed E-state index contributed by atoms with van der Waals surface area (Å²) in [4.78, 5) is 32.2. The summed E-state index contributed by atoms with van der Waals surface area (Å²) in [5.74, 6) is -0.694. The zero-order chi connectivity index (χ0) is 21.3. The maximum absolute atomic E-state index is 12.6. The van der Waals surface area contributed by atoms with E-state index in [9.17, 15) is 18.0 Å². The first-order chi connectivity index (χ1) is 14.4. The summed E-state index contributed by atoms with van der Waals surface area (Å²) in [6.45, 7) is 1.55. The summed E-state index contributed by atoms with van der Waals surface area (Å²) in [5, 5.41) is 0.768. The molecule has 0 saturated carbocycles. The minimum absolute atomic E-state index is 0.0268. The molecular formula is C21H19N3O5S. The molecule has 2 heterocycles. The maximum Gasteiger partial charge on any atom is 0.308 e. The smallest absolute Gasteiger partial charge is 0.308 e. The summed E-state index contributed by atoms with van der Waals surface area (Å²) < 4.78 is 31.8. The van der Waals surface area contributed by atoms with Crippen molar-refractivity contribution in [3.8, 4) is 0 Å². The van der Waals surface area contributed by atoms with E-state index in [1.54, 1.807) is 24.4 Å². The van der Waals surface area contributed by atoms with Crippen LogP contribution in [0.4, 0.5) is 0 Å². The quantitative estimate of drug-likeness (QED) is 0.465. The van der Waals surface area contributed by atoms with E-state index in [1.165, 1.54) is 13.0 Å². The number of carbonyl (C=O) groups is 2. The maximum atomic E-state index is 12.6. The summed E-state index contributed by atoms with van der Waals surface area (Å²) >= 11 is 0. The number of hydrogen-bond acceptors (Lipinski definition) is 6. The van der Waals surface area contributed by atoms with Crippen LogP contribution < -0.4 is 4.72 Å². The van der Waals surface area contributed by atoms with Crippen molar-refractivity contribution < 1.29 is 22.7 Å². The summed E-state index contributed by atoms with van der Waals surface area (Å²) in [5.41, 5.74) is 1.76. The highest BCUT2D eigenvalue weighted by Crippen LogP contribution is 2.22. The minimum atomic E-state index is -3.62. The molecule has 0 bridgehead atoms. The molecule has 1 aliphatic rings. The number of sulfonamides is 1. The molecule has 0 unspecified atom stereocenters. The Morgan fingerprint density at radius 3 is 2.67 bits per heavy atom. The number of aromatic nitrogens is 1. The van der Waals surface area contributed by atoms with Gasteiger partial charge in [-0.05, 0) is 25.1 Å². The van der Waals surface area contributed by atoms with E-state index >= 15 is 0 Å². The molecule has 1 aromatic heterocycles. The molecule has 0 radical (unpaired) electrons. The second kappa shape index (κ2) is 7.75. The summed E-state index contributed by atoms with van der Waals surface area (Å²) in [6.07, 6.45) is 0.571. The number of nitrogens with zero attached hydrogens (tertiary/aromatic N) is 1. The first-order valence-electron chi connectivity index (χ1n) is 9.33. The third-order valence-corrected chi connectivity index (χ3v) is 6.18. The molecule has 1 atom stereocenters. The van der Waals surface area contributed by atoms with Crippen LogP contribution in [0.1, 0.15) is 29.3 Å². The number of aromatic amines is 1. The van der Waals surface area contributed by atoms with Crippen LogP contribution in [0.3, 0.4) is 0 Å². The van der Waals surface area contributed by atoms with Gasteiger partial charge in [-0.1, -0.05) is 30.3 Å². The van der Waals surface area contributed by atoms with E-state index in [-0.39, 0.29) is 29.5 Å². The third kappa shape index (κ3) is 3.71. The summed E-state index contributed by atoms with van der Waals surface area (Å²) in [6, 6.07) is 13.9.